The van der Waals surface area contributed by atoms with Crippen LogP contribution in [0.1, 0.15) is 35.6 Å². The predicted molar refractivity (Wildman–Crippen MR) is 116 cm³/mol. The molecule has 1 atom stereocenters. The third kappa shape index (κ3) is 3.52. The van der Waals surface area contributed by atoms with Gasteiger partial charge < -0.3 is 10.2 Å². The third-order valence-electron chi connectivity index (χ3n) is 5.54. The molecule has 2 aromatic heterocycles. The van der Waals surface area contributed by atoms with Crippen molar-refractivity contribution in [2.24, 2.45) is 0 Å². The molecule has 1 aliphatic rings. The Labute approximate surface area is 174 Å². The van der Waals surface area contributed by atoms with Crippen molar-refractivity contribution >= 4 is 16.7 Å². The molecule has 1 unspecified atom stereocenters. The number of anilines is 1. The molecule has 6 heteroatoms. The van der Waals surface area contributed by atoms with Crippen molar-refractivity contribution in [3.63, 3.8) is 0 Å². The van der Waals surface area contributed by atoms with Gasteiger partial charge in [0.1, 0.15) is 12.9 Å². The number of benzene rings is 2. The highest BCUT2D eigenvalue weighted by atomic mass is 16.7. The Morgan fingerprint density at radius 2 is 1.93 bits per heavy atom. The van der Waals surface area contributed by atoms with Crippen LogP contribution in [0.5, 0.6) is 0 Å². The normalized spacial score (nSPS) is 15.5. The van der Waals surface area contributed by atoms with Crippen LogP contribution in [-0.2, 0) is 13.0 Å². The Balaban J connectivity index is 1.50. The summed E-state index contributed by atoms with van der Waals surface area (Å²) in [5.41, 5.74) is 4.56. The van der Waals surface area contributed by atoms with Crippen LogP contribution in [0.3, 0.4) is 0 Å². The zero-order valence-electron chi connectivity index (χ0n) is 16.5. The number of hydrogen-bond donors (Lipinski definition) is 1. The molecule has 1 N–H and O–H groups in total. The van der Waals surface area contributed by atoms with E-state index in [0.29, 0.717) is 5.65 Å². The van der Waals surface area contributed by atoms with E-state index in [4.69, 9.17) is 4.84 Å². The van der Waals surface area contributed by atoms with Crippen molar-refractivity contribution < 1.29 is 4.84 Å². The number of nitrogens with zero attached hydrogens (tertiary/aromatic N) is 3. The number of aryl methyl sites for hydroxylation is 1. The summed E-state index contributed by atoms with van der Waals surface area (Å²) >= 11 is 0. The topological polar surface area (TPSA) is 69.0 Å². The molecular weight excluding hydrogens is 376 g/mol. The van der Waals surface area contributed by atoms with Crippen molar-refractivity contribution in [3.05, 3.63) is 100 Å². The zero-order valence-corrected chi connectivity index (χ0v) is 16.5. The predicted octanol–water partition coefficient (Wildman–Crippen LogP) is 3.91. The molecule has 0 radical (unpaired) electrons. The Morgan fingerprint density at radius 1 is 1.10 bits per heavy atom. The quantitative estimate of drug-likeness (QED) is 0.552. The molecule has 2 heterocycles. The monoisotopic (exact) mass is 398 g/mol. The van der Waals surface area contributed by atoms with E-state index in [0.717, 1.165) is 35.9 Å². The van der Waals surface area contributed by atoms with E-state index < -0.39 is 0 Å². The first-order valence-corrected chi connectivity index (χ1v) is 10.2. The van der Waals surface area contributed by atoms with Crippen LogP contribution >= 0.6 is 0 Å². The average Bonchev–Trinajstić information content (AvgIpc) is 2.80. The minimum Gasteiger partial charge on any atom is -0.404 e. The molecular formula is C24H22N4O2. The molecule has 0 bridgehead atoms. The third-order valence-corrected chi connectivity index (χ3v) is 5.54. The van der Waals surface area contributed by atoms with Gasteiger partial charge in [-0.2, -0.15) is 0 Å². The minimum absolute atomic E-state index is 0.152. The van der Waals surface area contributed by atoms with Gasteiger partial charge in [-0.3, -0.25) is 4.79 Å². The molecule has 0 saturated heterocycles. The molecule has 4 aromatic rings. The lowest BCUT2D eigenvalue weighted by Gasteiger charge is -2.27. The second-order valence-corrected chi connectivity index (χ2v) is 7.50. The van der Waals surface area contributed by atoms with Gasteiger partial charge in [-0.05, 0) is 36.0 Å². The van der Waals surface area contributed by atoms with Gasteiger partial charge >= 0.3 is 0 Å². The van der Waals surface area contributed by atoms with Gasteiger partial charge in [0.05, 0.1) is 17.1 Å². The van der Waals surface area contributed by atoms with Gasteiger partial charge in [-0.1, -0.05) is 54.6 Å². The Bertz CT molecular complexity index is 1240. The van der Waals surface area contributed by atoms with Gasteiger partial charge in [0, 0.05) is 12.3 Å². The van der Waals surface area contributed by atoms with Crippen LogP contribution in [0.15, 0.2) is 78.0 Å². The van der Waals surface area contributed by atoms with Gasteiger partial charge in [-0.25, -0.2) is 9.97 Å². The molecule has 0 aliphatic heterocycles. The van der Waals surface area contributed by atoms with E-state index in [1.807, 2.05) is 30.3 Å². The highest BCUT2D eigenvalue weighted by Gasteiger charge is 2.21. The number of pyridine rings is 1. The molecule has 0 fully saturated rings. The first kappa shape index (κ1) is 18.4. The molecule has 30 heavy (non-hydrogen) atoms. The summed E-state index contributed by atoms with van der Waals surface area (Å²) in [6.45, 7) is 0.280. The maximum Gasteiger partial charge on any atom is 0.287 e. The lowest BCUT2D eigenvalue weighted by Crippen LogP contribution is -2.28. The second kappa shape index (κ2) is 7.99. The number of aromatic nitrogens is 3. The van der Waals surface area contributed by atoms with Gasteiger partial charge in [0.2, 0.25) is 0 Å². The first-order valence-electron chi connectivity index (χ1n) is 10.2. The van der Waals surface area contributed by atoms with Crippen molar-refractivity contribution in [3.8, 4) is 0 Å². The van der Waals surface area contributed by atoms with Crippen molar-refractivity contribution in [1.82, 2.24) is 14.7 Å². The van der Waals surface area contributed by atoms with Crippen molar-refractivity contribution in [2.45, 2.75) is 31.9 Å². The van der Waals surface area contributed by atoms with Crippen LogP contribution < -0.4 is 15.7 Å². The van der Waals surface area contributed by atoms with Crippen LogP contribution in [0.4, 0.5) is 5.69 Å². The summed E-state index contributed by atoms with van der Waals surface area (Å²) < 4.78 is 1.25. The van der Waals surface area contributed by atoms with Crippen LogP contribution in [0, 0.1) is 0 Å². The molecule has 1 aliphatic carbocycles. The van der Waals surface area contributed by atoms with Gasteiger partial charge in [-0.15, -0.1) is 4.73 Å². The smallest absolute Gasteiger partial charge is 0.287 e. The van der Waals surface area contributed by atoms with E-state index in [9.17, 15) is 4.79 Å². The van der Waals surface area contributed by atoms with E-state index >= 15 is 0 Å². The van der Waals surface area contributed by atoms with Crippen molar-refractivity contribution in [2.75, 3.05) is 5.32 Å². The molecule has 0 spiro atoms. The fourth-order valence-corrected chi connectivity index (χ4v) is 4.09. The molecule has 150 valence electrons. The van der Waals surface area contributed by atoms with Gasteiger partial charge in [0.25, 0.3) is 5.56 Å². The zero-order chi connectivity index (χ0) is 20.3. The summed E-state index contributed by atoms with van der Waals surface area (Å²) in [6, 6.07) is 20.0. The fourth-order valence-electron chi connectivity index (χ4n) is 4.09. The largest absolute Gasteiger partial charge is 0.404 e. The second-order valence-electron chi connectivity index (χ2n) is 7.50. The molecule has 2 aromatic carbocycles. The van der Waals surface area contributed by atoms with Gasteiger partial charge in [0.15, 0.2) is 5.65 Å². The SMILES string of the molecule is O=c1cc(NC2CCCc3ccccc32)c2cncnc2n1OCc1ccccc1. The first-order chi connectivity index (χ1) is 14.8. The Kier molecular flexibility index (Phi) is 4.89. The summed E-state index contributed by atoms with van der Waals surface area (Å²) in [6.07, 6.45) is 6.37. The maximum atomic E-state index is 12.9. The molecule has 0 amide bonds. The number of rotatable bonds is 5. The van der Waals surface area contributed by atoms with E-state index in [-0.39, 0.29) is 18.2 Å². The van der Waals surface area contributed by atoms with E-state index in [1.54, 1.807) is 12.3 Å². The lowest BCUT2D eigenvalue weighted by atomic mass is 9.87. The Morgan fingerprint density at radius 3 is 2.83 bits per heavy atom. The highest BCUT2D eigenvalue weighted by Crippen LogP contribution is 2.33. The summed E-state index contributed by atoms with van der Waals surface area (Å²) in [4.78, 5) is 27.2. The summed E-state index contributed by atoms with van der Waals surface area (Å²) in [5, 5.41) is 4.33. The summed E-state index contributed by atoms with van der Waals surface area (Å²) in [5.74, 6) is 0. The highest BCUT2D eigenvalue weighted by molar-refractivity contribution is 5.88. The number of hydrogen-bond acceptors (Lipinski definition) is 5. The fraction of sp³-hybridized carbons (Fsp3) is 0.208. The average molecular weight is 398 g/mol. The molecule has 0 saturated carbocycles. The van der Waals surface area contributed by atoms with Crippen LogP contribution in [0.2, 0.25) is 0 Å². The molecule has 6 nitrogen and oxygen atoms in total. The maximum absolute atomic E-state index is 12.9. The number of fused-ring (bicyclic) bond motifs is 2. The van der Waals surface area contributed by atoms with E-state index in [2.05, 4.69) is 39.6 Å². The van der Waals surface area contributed by atoms with Crippen molar-refractivity contribution in [1.29, 1.82) is 0 Å². The van der Waals surface area contributed by atoms with Crippen LogP contribution in [0.25, 0.3) is 11.0 Å². The summed E-state index contributed by atoms with van der Waals surface area (Å²) in [7, 11) is 0. The van der Waals surface area contributed by atoms with Crippen LogP contribution in [-0.4, -0.2) is 14.7 Å². The lowest BCUT2D eigenvalue weighted by molar-refractivity contribution is 0.0980. The minimum atomic E-state index is -0.260. The Hall–Kier alpha value is -3.67. The standard InChI is InChI=1S/C24H22N4O2/c29-23-13-22(27-21-12-6-10-18-9-4-5-11-19(18)21)20-14-25-16-26-24(20)28(23)30-15-17-7-2-1-3-8-17/h1-5,7-9,11,13-14,16,21,27H,6,10,12,15H2. The van der Waals surface area contributed by atoms with E-state index in [1.165, 1.54) is 22.2 Å². The molecule has 5 rings (SSSR count). The number of nitrogens with one attached hydrogen (secondary N) is 1.